The van der Waals surface area contributed by atoms with Gasteiger partial charge in [0.05, 0.1) is 6.10 Å². The lowest BCUT2D eigenvalue weighted by Crippen LogP contribution is -2.20. The van der Waals surface area contributed by atoms with E-state index in [4.69, 9.17) is 9.47 Å². The summed E-state index contributed by atoms with van der Waals surface area (Å²) in [6.45, 7) is 4.47. The molecule has 102 valence electrons. The fraction of sp³-hybridized carbons (Fsp3) is 0.615. The molecule has 0 aliphatic heterocycles. The standard InChI is InChI=1S/C13H21NO3S/c1-10(2)16-13(15)17-11(7-8-14(3)4)12-6-5-9-18-12/h5-6,9-11H,7-8H2,1-4H3/t11-/m0/s1. The molecule has 0 aromatic carbocycles. The molecule has 5 heteroatoms. The van der Waals surface area contributed by atoms with Gasteiger partial charge in [-0.25, -0.2) is 4.79 Å². The van der Waals surface area contributed by atoms with E-state index in [-0.39, 0.29) is 12.2 Å². The van der Waals surface area contributed by atoms with Crippen molar-refractivity contribution in [3.8, 4) is 0 Å². The van der Waals surface area contributed by atoms with Gasteiger partial charge < -0.3 is 14.4 Å². The average molecular weight is 271 g/mol. The first-order valence-corrected chi connectivity index (χ1v) is 6.92. The quantitative estimate of drug-likeness (QED) is 0.744. The molecule has 1 atom stereocenters. The molecule has 0 spiro atoms. The van der Waals surface area contributed by atoms with Crippen molar-refractivity contribution >= 4 is 17.5 Å². The maximum atomic E-state index is 11.6. The number of carbonyl (C=O) groups is 1. The zero-order valence-electron chi connectivity index (χ0n) is 11.4. The smallest absolute Gasteiger partial charge is 0.432 e. The summed E-state index contributed by atoms with van der Waals surface area (Å²) in [5.74, 6) is 0. The highest BCUT2D eigenvalue weighted by Crippen LogP contribution is 2.26. The summed E-state index contributed by atoms with van der Waals surface area (Å²) in [6.07, 6.45) is -0.211. The van der Waals surface area contributed by atoms with Gasteiger partial charge in [-0.1, -0.05) is 6.07 Å². The monoisotopic (exact) mass is 271 g/mol. The molecule has 1 aromatic rings. The van der Waals surface area contributed by atoms with E-state index < -0.39 is 6.16 Å². The highest BCUT2D eigenvalue weighted by Gasteiger charge is 2.19. The van der Waals surface area contributed by atoms with Crippen molar-refractivity contribution in [2.75, 3.05) is 20.6 Å². The molecule has 0 radical (unpaired) electrons. The van der Waals surface area contributed by atoms with Gasteiger partial charge in [-0.15, -0.1) is 11.3 Å². The Balaban J connectivity index is 2.58. The Morgan fingerprint density at radius 2 is 2.11 bits per heavy atom. The highest BCUT2D eigenvalue weighted by molar-refractivity contribution is 7.10. The molecule has 4 nitrogen and oxygen atoms in total. The van der Waals surface area contributed by atoms with Gasteiger partial charge >= 0.3 is 6.16 Å². The van der Waals surface area contributed by atoms with Crippen molar-refractivity contribution in [3.05, 3.63) is 22.4 Å². The summed E-state index contributed by atoms with van der Waals surface area (Å²) in [5.41, 5.74) is 0. The largest absolute Gasteiger partial charge is 0.509 e. The van der Waals surface area contributed by atoms with Crippen LogP contribution >= 0.6 is 11.3 Å². The molecule has 0 amide bonds. The third-order valence-corrected chi connectivity index (χ3v) is 3.23. The van der Waals surface area contributed by atoms with Gasteiger partial charge in [0.25, 0.3) is 0 Å². The van der Waals surface area contributed by atoms with Gasteiger partial charge in [0.2, 0.25) is 0 Å². The summed E-state index contributed by atoms with van der Waals surface area (Å²) >= 11 is 1.59. The van der Waals surface area contributed by atoms with Gasteiger partial charge in [-0.3, -0.25) is 0 Å². The van der Waals surface area contributed by atoms with Crippen LogP contribution in [0.25, 0.3) is 0 Å². The molecule has 1 aromatic heterocycles. The highest BCUT2D eigenvalue weighted by atomic mass is 32.1. The van der Waals surface area contributed by atoms with E-state index >= 15 is 0 Å². The number of hydrogen-bond donors (Lipinski definition) is 0. The first-order valence-electron chi connectivity index (χ1n) is 6.04. The van der Waals surface area contributed by atoms with E-state index in [1.165, 1.54) is 0 Å². The van der Waals surface area contributed by atoms with Crippen molar-refractivity contribution in [3.63, 3.8) is 0 Å². The van der Waals surface area contributed by atoms with Gasteiger partial charge in [-0.2, -0.15) is 0 Å². The van der Waals surface area contributed by atoms with E-state index in [1.54, 1.807) is 25.2 Å². The number of thiophene rings is 1. The maximum Gasteiger partial charge on any atom is 0.509 e. The van der Waals surface area contributed by atoms with Crippen molar-refractivity contribution in [1.82, 2.24) is 4.90 Å². The topological polar surface area (TPSA) is 38.8 Å². The van der Waals surface area contributed by atoms with Crippen LogP contribution in [0.2, 0.25) is 0 Å². The lowest BCUT2D eigenvalue weighted by molar-refractivity contribution is 0.00333. The minimum absolute atomic E-state index is 0.157. The van der Waals surface area contributed by atoms with Gasteiger partial charge in [0.15, 0.2) is 0 Å². The fourth-order valence-corrected chi connectivity index (χ4v) is 2.23. The number of rotatable bonds is 6. The third-order valence-electron chi connectivity index (χ3n) is 2.27. The molecule has 1 rings (SSSR count). The molecule has 0 saturated heterocycles. The summed E-state index contributed by atoms with van der Waals surface area (Å²) in [7, 11) is 4.00. The minimum Gasteiger partial charge on any atom is -0.432 e. The van der Waals surface area contributed by atoms with E-state index in [0.717, 1.165) is 17.8 Å². The third kappa shape index (κ3) is 5.51. The van der Waals surface area contributed by atoms with Gasteiger partial charge in [0.1, 0.15) is 6.10 Å². The Hall–Kier alpha value is -1.07. The Labute approximate surface area is 113 Å². The SMILES string of the molecule is CC(C)OC(=O)O[C@@H](CCN(C)C)c1cccs1. The molecule has 0 N–H and O–H groups in total. The Bertz CT molecular complexity index is 349. The predicted octanol–water partition coefficient (Wildman–Crippen LogP) is 3.30. The normalized spacial score (nSPS) is 12.8. The first-order chi connectivity index (χ1) is 8.49. The predicted molar refractivity (Wildman–Crippen MR) is 72.9 cm³/mol. The number of nitrogens with zero attached hydrogens (tertiary/aromatic N) is 1. The lowest BCUT2D eigenvalue weighted by Gasteiger charge is -2.19. The summed E-state index contributed by atoms with van der Waals surface area (Å²) < 4.78 is 10.4. The summed E-state index contributed by atoms with van der Waals surface area (Å²) in [6, 6.07) is 3.94. The molecule has 0 aliphatic carbocycles. The van der Waals surface area contributed by atoms with Crippen molar-refractivity contribution in [1.29, 1.82) is 0 Å². The van der Waals surface area contributed by atoms with Crippen LogP contribution in [-0.4, -0.2) is 37.8 Å². The van der Waals surface area contributed by atoms with Crippen molar-refractivity contribution in [2.45, 2.75) is 32.5 Å². The number of hydrogen-bond acceptors (Lipinski definition) is 5. The molecule has 18 heavy (non-hydrogen) atoms. The molecule has 0 aliphatic rings. The van der Waals surface area contributed by atoms with Crippen LogP contribution in [0.3, 0.4) is 0 Å². The van der Waals surface area contributed by atoms with E-state index in [1.807, 2.05) is 31.6 Å². The number of carbonyl (C=O) groups excluding carboxylic acids is 1. The molecule has 1 heterocycles. The van der Waals surface area contributed by atoms with Crippen molar-refractivity contribution < 1.29 is 14.3 Å². The Morgan fingerprint density at radius 1 is 1.39 bits per heavy atom. The van der Waals surface area contributed by atoms with Crippen LogP contribution in [0, 0.1) is 0 Å². The fourth-order valence-electron chi connectivity index (χ4n) is 1.45. The molecular weight excluding hydrogens is 250 g/mol. The summed E-state index contributed by atoms with van der Waals surface area (Å²) in [4.78, 5) is 14.7. The van der Waals surface area contributed by atoms with E-state index in [9.17, 15) is 4.79 Å². The minimum atomic E-state index is -0.595. The van der Waals surface area contributed by atoms with Gasteiger partial charge in [0, 0.05) is 17.8 Å². The maximum absolute atomic E-state index is 11.6. The van der Waals surface area contributed by atoms with Gasteiger partial charge in [-0.05, 0) is 39.4 Å². The zero-order chi connectivity index (χ0) is 13.5. The van der Waals surface area contributed by atoms with Crippen LogP contribution in [0.15, 0.2) is 17.5 Å². The zero-order valence-corrected chi connectivity index (χ0v) is 12.2. The Morgan fingerprint density at radius 3 is 2.61 bits per heavy atom. The van der Waals surface area contributed by atoms with Crippen molar-refractivity contribution in [2.24, 2.45) is 0 Å². The Kier molecular flexibility index (Phi) is 6.15. The van der Waals surface area contributed by atoms with Crippen LogP contribution in [0.4, 0.5) is 4.79 Å². The second-order valence-corrected chi connectivity index (χ2v) is 5.61. The molecule has 0 saturated carbocycles. The van der Waals surface area contributed by atoms with Crippen LogP contribution in [0.1, 0.15) is 31.2 Å². The van der Waals surface area contributed by atoms with E-state index in [2.05, 4.69) is 4.90 Å². The van der Waals surface area contributed by atoms with E-state index in [0.29, 0.717) is 0 Å². The molecular formula is C13H21NO3S. The second-order valence-electron chi connectivity index (χ2n) is 4.63. The average Bonchev–Trinajstić information content (AvgIpc) is 2.75. The van der Waals surface area contributed by atoms with Crippen LogP contribution < -0.4 is 0 Å². The number of ether oxygens (including phenoxy) is 2. The summed E-state index contributed by atoms with van der Waals surface area (Å²) in [5, 5.41) is 1.98. The van der Waals surface area contributed by atoms with Crippen LogP contribution in [0.5, 0.6) is 0 Å². The second kappa shape index (κ2) is 7.38. The first kappa shape index (κ1) is 15.0. The lowest BCUT2D eigenvalue weighted by atomic mass is 10.2. The van der Waals surface area contributed by atoms with Crippen LogP contribution in [-0.2, 0) is 9.47 Å². The molecule has 0 fully saturated rings. The molecule has 0 bridgehead atoms. The molecule has 0 unspecified atom stereocenters.